The Bertz CT molecular complexity index is 1250. The van der Waals surface area contributed by atoms with Gasteiger partial charge in [-0.3, -0.25) is 14.4 Å². The second-order valence-corrected chi connectivity index (χ2v) is 8.88. The average molecular weight is 461 g/mol. The molecule has 0 fully saturated rings. The van der Waals surface area contributed by atoms with E-state index in [1.54, 1.807) is 0 Å². The van der Waals surface area contributed by atoms with Gasteiger partial charge in [0.1, 0.15) is 28.7 Å². The number of rotatable bonds is 1. The van der Waals surface area contributed by atoms with Crippen LogP contribution in [0.5, 0.6) is 5.75 Å². The highest BCUT2D eigenvalue weighted by molar-refractivity contribution is 6.24. The van der Waals surface area contributed by atoms with Gasteiger partial charge in [-0.1, -0.05) is 0 Å². The van der Waals surface area contributed by atoms with Gasteiger partial charge in [0, 0.05) is 28.2 Å². The third-order valence-corrected chi connectivity index (χ3v) is 7.25. The van der Waals surface area contributed by atoms with Crippen molar-refractivity contribution in [2.75, 3.05) is 0 Å². The van der Waals surface area contributed by atoms with Gasteiger partial charge in [-0.05, 0) is 18.8 Å². The molecule has 9 N–H and O–H groups in total. The summed E-state index contributed by atoms with van der Waals surface area (Å²) in [7, 11) is 0. The number of phenols is 1. The number of hydrogen-bond donors (Lipinski definition) is 7. The molecule has 5 rings (SSSR count). The van der Waals surface area contributed by atoms with E-state index in [1.807, 2.05) is 0 Å². The summed E-state index contributed by atoms with van der Waals surface area (Å²) in [4.78, 5) is 38.1. The zero-order valence-electron chi connectivity index (χ0n) is 17.0. The highest BCUT2D eigenvalue weighted by Gasteiger charge is 2.62. The minimum atomic E-state index is -2.82. The quantitative estimate of drug-likeness (QED) is 0.263. The van der Waals surface area contributed by atoms with Crippen LogP contribution in [0, 0.1) is 17.7 Å². The highest BCUT2D eigenvalue weighted by atomic mass is 19.1. The summed E-state index contributed by atoms with van der Waals surface area (Å²) in [5.74, 6) is -9.26. The molecule has 0 aromatic heterocycles. The number of benzene rings is 1. The molecular weight excluding hydrogens is 441 g/mol. The Kier molecular flexibility index (Phi) is 4.31. The van der Waals surface area contributed by atoms with Crippen molar-refractivity contribution in [3.63, 3.8) is 0 Å². The molecular formula is C21H20FN3O8. The lowest BCUT2D eigenvalue weighted by Gasteiger charge is -2.47. The molecule has 0 saturated carbocycles. The smallest absolute Gasteiger partial charge is 0.255 e. The van der Waals surface area contributed by atoms with Gasteiger partial charge in [-0.2, -0.15) is 5.06 Å². The molecule has 3 aliphatic carbocycles. The first-order valence-corrected chi connectivity index (χ1v) is 10.1. The van der Waals surface area contributed by atoms with Gasteiger partial charge in [0.2, 0.25) is 5.78 Å². The molecule has 1 aromatic rings. The summed E-state index contributed by atoms with van der Waals surface area (Å²) < 4.78 is 15.3. The van der Waals surface area contributed by atoms with Gasteiger partial charge >= 0.3 is 0 Å². The summed E-state index contributed by atoms with van der Waals surface area (Å²) >= 11 is 0. The lowest BCUT2D eigenvalue weighted by molar-refractivity contribution is -0.145. The number of primary amides is 1. The van der Waals surface area contributed by atoms with E-state index in [1.165, 1.54) is 0 Å². The summed E-state index contributed by atoms with van der Waals surface area (Å²) in [5, 5.41) is 53.7. The Balaban J connectivity index is 1.72. The molecule has 4 aliphatic rings. The van der Waals surface area contributed by atoms with Crippen LogP contribution < -0.4 is 11.5 Å². The number of aliphatic hydroxyl groups is 3. The first-order chi connectivity index (χ1) is 15.4. The van der Waals surface area contributed by atoms with Crippen LogP contribution >= 0.6 is 0 Å². The first-order valence-electron chi connectivity index (χ1n) is 10.1. The molecule has 0 unspecified atom stereocenters. The minimum Gasteiger partial charge on any atom is -0.510 e. The number of hydroxylamine groups is 2. The van der Waals surface area contributed by atoms with Crippen molar-refractivity contribution in [1.29, 1.82) is 0 Å². The number of ketones is 2. The van der Waals surface area contributed by atoms with E-state index in [4.69, 9.17) is 11.5 Å². The predicted octanol–water partition coefficient (Wildman–Crippen LogP) is -0.638. The predicted molar refractivity (Wildman–Crippen MR) is 105 cm³/mol. The lowest BCUT2D eigenvalue weighted by atomic mass is 9.59. The van der Waals surface area contributed by atoms with E-state index in [2.05, 4.69) is 0 Å². The molecule has 1 heterocycles. The van der Waals surface area contributed by atoms with Crippen LogP contribution in [0.1, 0.15) is 33.5 Å². The molecule has 174 valence electrons. The normalized spacial score (nSPS) is 31.3. The van der Waals surface area contributed by atoms with Crippen LogP contribution in [0.3, 0.4) is 0 Å². The molecule has 1 amide bonds. The number of carbonyl (C=O) groups excluding carboxylic acids is 3. The molecule has 1 aromatic carbocycles. The number of amides is 1. The van der Waals surface area contributed by atoms with E-state index in [0.717, 1.165) is 5.06 Å². The van der Waals surface area contributed by atoms with Crippen molar-refractivity contribution in [3.05, 3.63) is 50.7 Å². The first kappa shape index (κ1) is 21.5. The van der Waals surface area contributed by atoms with Gasteiger partial charge in [0.25, 0.3) is 5.91 Å². The number of Topliss-reactive ketones (excluding diaryl/α,β-unsaturated/α-hetero) is 2. The Hall–Kier alpha value is -3.32. The fourth-order valence-corrected chi connectivity index (χ4v) is 5.67. The molecule has 0 bridgehead atoms. The molecule has 0 saturated heterocycles. The number of phenolic OH excluding ortho intramolecular Hbond substituents is 1. The maximum Gasteiger partial charge on any atom is 0.255 e. The molecule has 11 nitrogen and oxygen atoms in total. The third-order valence-electron chi connectivity index (χ3n) is 7.25. The second-order valence-electron chi connectivity index (χ2n) is 8.88. The third kappa shape index (κ3) is 2.48. The largest absolute Gasteiger partial charge is 0.510 e. The number of allylic oxidation sites excluding steroid dienone is 1. The SMILES string of the molecule is NC(=O)C1=C(O)[C@@H](N)[C@@H]2C[C@@H]3Cc4c(F)c5c(c(O)c4C(=O)C3=C(O)[C@]2(O)C1=O)CN(O)C5. The van der Waals surface area contributed by atoms with Gasteiger partial charge < -0.3 is 37.1 Å². The molecule has 4 atom stereocenters. The van der Waals surface area contributed by atoms with Gasteiger partial charge in [0.15, 0.2) is 11.4 Å². The van der Waals surface area contributed by atoms with Crippen LogP contribution in [0.4, 0.5) is 4.39 Å². The van der Waals surface area contributed by atoms with E-state index in [-0.39, 0.29) is 42.6 Å². The summed E-state index contributed by atoms with van der Waals surface area (Å²) in [6.07, 6.45) is -0.396. The average Bonchev–Trinajstić information content (AvgIpc) is 3.14. The van der Waals surface area contributed by atoms with Crippen molar-refractivity contribution < 1.29 is 44.4 Å². The van der Waals surface area contributed by atoms with E-state index in [9.17, 15) is 40.0 Å². The summed E-state index contributed by atoms with van der Waals surface area (Å²) in [5.41, 5.74) is 6.42. The Morgan fingerprint density at radius 2 is 1.76 bits per heavy atom. The van der Waals surface area contributed by atoms with Crippen LogP contribution in [-0.4, -0.2) is 59.8 Å². The number of aromatic hydroxyl groups is 1. The van der Waals surface area contributed by atoms with Crippen LogP contribution in [-0.2, 0) is 29.1 Å². The number of nitrogens with zero attached hydrogens (tertiary/aromatic N) is 1. The Morgan fingerprint density at radius 1 is 1.12 bits per heavy atom. The van der Waals surface area contributed by atoms with Crippen molar-refractivity contribution in [1.82, 2.24) is 5.06 Å². The number of nitrogens with two attached hydrogens (primary N) is 2. The minimum absolute atomic E-state index is 0.0210. The highest BCUT2D eigenvalue weighted by Crippen LogP contribution is 2.52. The Labute approximate surface area is 185 Å². The second kappa shape index (κ2) is 6.60. The fraction of sp³-hybridized carbons (Fsp3) is 0.381. The maximum atomic E-state index is 15.3. The Morgan fingerprint density at radius 3 is 2.39 bits per heavy atom. The summed E-state index contributed by atoms with van der Waals surface area (Å²) in [6.45, 7) is -0.413. The monoisotopic (exact) mass is 461 g/mol. The van der Waals surface area contributed by atoms with Crippen molar-refractivity contribution >= 4 is 17.5 Å². The van der Waals surface area contributed by atoms with Gasteiger partial charge in [-0.25, -0.2) is 4.39 Å². The standard InChI is InChI=1S/C21H20FN3O8/c22-13-6-1-5-2-9-14(23)17(28)12(20(24)31)19(30)21(9,32)18(29)10(5)16(27)11(6)15(26)8-4-25(33)3-7(8)13/h5,9,14,26,28-29,32-33H,1-4,23H2,(H2,24,31)/t5-,9-,14-,21-/m0/s1. The summed E-state index contributed by atoms with van der Waals surface area (Å²) in [6, 6.07) is -1.48. The van der Waals surface area contributed by atoms with Crippen molar-refractivity contribution in [2.24, 2.45) is 23.3 Å². The number of carbonyl (C=O) groups is 3. The van der Waals surface area contributed by atoms with E-state index in [0.29, 0.717) is 0 Å². The molecule has 1 aliphatic heterocycles. The number of hydrogen-bond acceptors (Lipinski definition) is 10. The van der Waals surface area contributed by atoms with Crippen LogP contribution in [0.2, 0.25) is 0 Å². The number of halogens is 1. The molecule has 33 heavy (non-hydrogen) atoms. The van der Waals surface area contributed by atoms with Gasteiger partial charge in [-0.15, -0.1) is 0 Å². The molecule has 12 heteroatoms. The topological polar surface area (TPSA) is 208 Å². The fourth-order valence-electron chi connectivity index (χ4n) is 5.67. The lowest BCUT2D eigenvalue weighted by Crippen LogP contribution is -2.63. The molecule has 0 radical (unpaired) electrons. The number of fused-ring (bicyclic) bond motifs is 4. The van der Waals surface area contributed by atoms with Crippen molar-refractivity contribution in [2.45, 2.75) is 37.6 Å². The number of aliphatic hydroxyl groups excluding tert-OH is 2. The van der Waals surface area contributed by atoms with Gasteiger partial charge in [0.05, 0.1) is 24.7 Å². The van der Waals surface area contributed by atoms with E-state index >= 15 is 4.39 Å². The maximum absolute atomic E-state index is 15.3. The van der Waals surface area contributed by atoms with E-state index < -0.39 is 80.7 Å². The zero-order chi connectivity index (χ0) is 24.1. The zero-order valence-corrected chi connectivity index (χ0v) is 17.0. The van der Waals surface area contributed by atoms with Crippen LogP contribution in [0.25, 0.3) is 0 Å². The van der Waals surface area contributed by atoms with Crippen LogP contribution in [0.15, 0.2) is 22.7 Å². The van der Waals surface area contributed by atoms with Crippen molar-refractivity contribution in [3.8, 4) is 5.75 Å². The molecule has 0 spiro atoms.